The van der Waals surface area contributed by atoms with E-state index in [-0.39, 0.29) is 24.3 Å². The van der Waals surface area contributed by atoms with Gasteiger partial charge in [0.05, 0.1) is 12.2 Å². The number of rotatable bonds is 12. The number of nitrogens with two attached hydrogens (primary N) is 2. The number of nitriles is 1. The van der Waals surface area contributed by atoms with Crippen molar-refractivity contribution in [3.05, 3.63) is 11.1 Å². The fraction of sp³-hybridized carbons (Fsp3) is 0.556. The van der Waals surface area contributed by atoms with Crippen molar-refractivity contribution >= 4 is 64.6 Å². The second-order valence-electron chi connectivity index (χ2n) is 7.18. The van der Waals surface area contributed by atoms with Gasteiger partial charge in [-0.1, -0.05) is 0 Å². The Kier molecular flexibility index (Phi) is 12.4. The lowest BCUT2D eigenvalue weighted by molar-refractivity contribution is -0.128. The van der Waals surface area contributed by atoms with Crippen LogP contribution in [0.1, 0.15) is 26.5 Å². The number of aliphatic imine (C=N–C) groups is 2. The van der Waals surface area contributed by atoms with Crippen molar-refractivity contribution in [1.82, 2.24) is 26.3 Å². The number of thioether (sulfide) groups is 1. The summed E-state index contributed by atoms with van der Waals surface area (Å²) in [4.78, 5) is 36.3. The van der Waals surface area contributed by atoms with Gasteiger partial charge in [-0.15, -0.1) is 11.3 Å². The van der Waals surface area contributed by atoms with E-state index >= 15 is 0 Å². The molecule has 0 aliphatic carbocycles. The largest absolute Gasteiger partial charge is 0.370 e. The summed E-state index contributed by atoms with van der Waals surface area (Å²) in [7, 11) is 0. The molecule has 33 heavy (non-hydrogen) atoms. The number of thiazole rings is 1. The number of guanidine groups is 2. The highest BCUT2D eigenvalue weighted by Crippen LogP contribution is 2.21. The number of nitrogens with one attached hydrogen (secondary N) is 4. The van der Waals surface area contributed by atoms with Crippen LogP contribution < -0.4 is 32.7 Å². The van der Waals surface area contributed by atoms with Crippen molar-refractivity contribution < 1.29 is 9.59 Å². The van der Waals surface area contributed by atoms with Crippen LogP contribution in [0.3, 0.4) is 0 Å². The highest BCUT2D eigenvalue weighted by Gasteiger charge is 2.32. The maximum Gasteiger partial charge on any atom is 0.244 e. The third kappa shape index (κ3) is 12.2. The van der Waals surface area contributed by atoms with Crippen LogP contribution in [0.5, 0.6) is 0 Å². The first-order chi connectivity index (χ1) is 15.5. The van der Waals surface area contributed by atoms with Gasteiger partial charge < -0.3 is 27.4 Å². The SMILES string of the molecule is CC(=O)NC(C(=O)NCCNC(=NCCSCc1csc(N=C(N)N)n1)NC#N)C(C)(C)S. The van der Waals surface area contributed by atoms with E-state index in [0.29, 0.717) is 35.7 Å². The van der Waals surface area contributed by atoms with E-state index in [0.717, 1.165) is 5.69 Å². The molecule has 8 N–H and O–H groups in total. The molecule has 182 valence electrons. The van der Waals surface area contributed by atoms with Crippen molar-refractivity contribution in [2.24, 2.45) is 21.5 Å². The van der Waals surface area contributed by atoms with Crippen molar-refractivity contribution in [2.75, 3.05) is 25.4 Å². The minimum absolute atomic E-state index is 0.0273. The minimum Gasteiger partial charge on any atom is -0.370 e. The lowest BCUT2D eigenvalue weighted by atomic mass is 10.0. The van der Waals surface area contributed by atoms with Gasteiger partial charge in [-0.25, -0.2) is 4.98 Å². The first kappa shape index (κ1) is 28.3. The summed E-state index contributed by atoms with van der Waals surface area (Å²) >= 11 is 7.38. The lowest BCUT2D eigenvalue weighted by Gasteiger charge is -2.29. The van der Waals surface area contributed by atoms with Crippen LogP contribution in [0.15, 0.2) is 15.4 Å². The first-order valence-electron chi connectivity index (χ1n) is 9.85. The van der Waals surface area contributed by atoms with E-state index in [1.54, 1.807) is 25.6 Å². The van der Waals surface area contributed by atoms with E-state index in [1.807, 2.05) is 11.6 Å². The van der Waals surface area contributed by atoms with Gasteiger partial charge in [0.1, 0.15) is 6.04 Å². The molecule has 0 aliphatic heterocycles. The number of hydrogen-bond donors (Lipinski definition) is 7. The van der Waals surface area contributed by atoms with Gasteiger partial charge in [0.2, 0.25) is 22.9 Å². The number of nitrogens with zero attached hydrogens (tertiary/aromatic N) is 4. The highest BCUT2D eigenvalue weighted by molar-refractivity contribution is 7.98. The molecule has 0 aliphatic rings. The molecule has 1 rings (SSSR count). The fourth-order valence-corrected chi connectivity index (χ4v) is 4.07. The Balaban J connectivity index is 2.40. The molecular formula is C18H30N10O2S3. The average molecular weight is 515 g/mol. The summed E-state index contributed by atoms with van der Waals surface area (Å²) in [6, 6.07) is -0.783. The summed E-state index contributed by atoms with van der Waals surface area (Å²) in [5.41, 5.74) is 11.5. The van der Waals surface area contributed by atoms with E-state index in [4.69, 9.17) is 16.7 Å². The molecule has 1 atom stereocenters. The second kappa shape index (κ2) is 14.4. The molecule has 15 heteroatoms. The van der Waals surface area contributed by atoms with Gasteiger partial charge in [-0.3, -0.25) is 19.9 Å². The van der Waals surface area contributed by atoms with Gasteiger partial charge in [0.25, 0.3) is 0 Å². The standard InChI is InChI=1S/C18H30N10O2S3/c1-11(29)26-13(18(2,3)31)14(30)22-4-5-23-16(25-10-19)24-6-7-32-8-12-9-33-17(27-12)28-15(20)21/h9,13,31H,4-8H2,1-3H3,(H,22,30)(H,26,29)(H2,23,24,25)(H4,20,21,27,28). The van der Waals surface area contributed by atoms with Crippen LogP contribution in [-0.4, -0.2) is 64.9 Å². The Morgan fingerprint density at radius 2 is 2.06 bits per heavy atom. The van der Waals surface area contributed by atoms with Gasteiger partial charge in [-0.2, -0.15) is 34.6 Å². The Hall–Kier alpha value is -2.70. The molecule has 0 spiro atoms. The number of hydrogen-bond acceptors (Lipinski definition) is 9. The Morgan fingerprint density at radius 3 is 2.67 bits per heavy atom. The first-order valence-corrected chi connectivity index (χ1v) is 12.3. The Bertz CT molecular complexity index is 885. The van der Waals surface area contributed by atoms with Crippen molar-refractivity contribution in [1.29, 1.82) is 5.26 Å². The fourth-order valence-electron chi connectivity index (χ4n) is 2.35. The smallest absolute Gasteiger partial charge is 0.244 e. The van der Waals surface area contributed by atoms with Crippen LogP contribution in [0.2, 0.25) is 0 Å². The molecule has 0 bridgehead atoms. The molecule has 1 aromatic rings. The summed E-state index contributed by atoms with van der Waals surface area (Å²) < 4.78 is -0.735. The van der Waals surface area contributed by atoms with Crippen LogP contribution >= 0.6 is 35.7 Å². The Morgan fingerprint density at radius 1 is 1.36 bits per heavy atom. The summed E-state index contributed by atoms with van der Waals surface area (Å²) in [6.07, 6.45) is 1.83. The molecular weight excluding hydrogens is 484 g/mol. The lowest BCUT2D eigenvalue weighted by Crippen LogP contribution is -2.56. The normalized spacial score (nSPS) is 12.3. The summed E-state index contributed by atoms with van der Waals surface area (Å²) in [6.45, 7) is 5.89. The quantitative estimate of drug-likeness (QED) is 0.0486. The van der Waals surface area contributed by atoms with E-state index in [9.17, 15) is 9.59 Å². The van der Waals surface area contributed by atoms with Crippen LogP contribution in [0.4, 0.5) is 5.13 Å². The molecule has 0 fully saturated rings. The maximum absolute atomic E-state index is 12.4. The van der Waals surface area contributed by atoms with Crippen LogP contribution in [0.25, 0.3) is 0 Å². The van der Waals surface area contributed by atoms with Crippen LogP contribution in [0, 0.1) is 11.5 Å². The molecule has 2 amide bonds. The monoisotopic (exact) mass is 514 g/mol. The maximum atomic E-state index is 12.4. The van der Waals surface area contributed by atoms with Crippen molar-refractivity contribution in [3.63, 3.8) is 0 Å². The number of carbonyl (C=O) groups excluding carboxylic acids is 2. The topological polar surface area (TPSA) is 196 Å². The van der Waals surface area contributed by atoms with Gasteiger partial charge in [0.15, 0.2) is 12.2 Å². The van der Waals surface area contributed by atoms with Gasteiger partial charge >= 0.3 is 0 Å². The molecule has 1 aromatic heterocycles. The summed E-state index contributed by atoms with van der Waals surface area (Å²) in [5.74, 6) is 1.01. The highest BCUT2D eigenvalue weighted by atomic mass is 32.2. The zero-order chi connectivity index (χ0) is 24.9. The van der Waals surface area contributed by atoms with Crippen LogP contribution in [-0.2, 0) is 15.3 Å². The predicted molar refractivity (Wildman–Crippen MR) is 136 cm³/mol. The average Bonchev–Trinajstić information content (AvgIpc) is 3.14. The molecule has 1 heterocycles. The van der Waals surface area contributed by atoms with Crippen molar-refractivity contribution in [3.8, 4) is 6.19 Å². The molecule has 0 aromatic carbocycles. The Labute approximate surface area is 206 Å². The molecule has 0 saturated carbocycles. The molecule has 12 nitrogen and oxygen atoms in total. The summed E-state index contributed by atoms with van der Waals surface area (Å²) in [5, 5.41) is 22.1. The van der Waals surface area contributed by atoms with Crippen molar-refractivity contribution in [2.45, 2.75) is 37.3 Å². The van der Waals surface area contributed by atoms with Gasteiger partial charge in [0, 0.05) is 41.6 Å². The zero-order valence-corrected chi connectivity index (χ0v) is 21.2. The number of amides is 2. The van der Waals surface area contributed by atoms with E-state index < -0.39 is 10.8 Å². The van der Waals surface area contributed by atoms with E-state index in [2.05, 4.69) is 48.9 Å². The predicted octanol–water partition coefficient (Wildman–Crippen LogP) is -0.373. The number of thiol groups is 1. The molecule has 1 unspecified atom stereocenters. The zero-order valence-electron chi connectivity index (χ0n) is 18.7. The third-order valence-electron chi connectivity index (χ3n) is 3.73. The molecule has 0 saturated heterocycles. The number of aromatic nitrogens is 1. The number of carbonyl (C=O) groups is 2. The van der Waals surface area contributed by atoms with E-state index in [1.165, 1.54) is 18.3 Å². The molecule has 0 radical (unpaired) electrons. The van der Waals surface area contributed by atoms with Gasteiger partial charge in [-0.05, 0) is 13.8 Å². The second-order valence-corrected chi connectivity index (χ2v) is 10.3. The minimum atomic E-state index is -0.783. The third-order valence-corrected chi connectivity index (χ3v) is 5.74.